The molecule has 0 aliphatic rings. The summed E-state index contributed by atoms with van der Waals surface area (Å²) in [6.07, 6.45) is 0. The lowest BCUT2D eigenvalue weighted by molar-refractivity contribution is 0.0473. The smallest absolute Gasteiger partial charge is 0.338 e. The zero-order valence-electron chi connectivity index (χ0n) is 13.0. The van der Waals surface area contributed by atoms with Crippen LogP contribution in [0, 0.1) is 5.82 Å². The SMILES string of the molecule is COc1ccc(C(=O)OCC(=O)c2cc(F)ccc2OC)cc1Br. The summed E-state index contributed by atoms with van der Waals surface area (Å²) in [4.78, 5) is 24.1. The number of ketones is 1. The van der Waals surface area contributed by atoms with E-state index in [4.69, 9.17) is 14.2 Å². The summed E-state index contributed by atoms with van der Waals surface area (Å²) in [6, 6.07) is 8.19. The van der Waals surface area contributed by atoms with Crippen molar-refractivity contribution < 1.29 is 28.2 Å². The molecule has 126 valence electrons. The molecule has 5 nitrogen and oxygen atoms in total. The van der Waals surface area contributed by atoms with Gasteiger partial charge in [-0.05, 0) is 52.3 Å². The summed E-state index contributed by atoms with van der Waals surface area (Å²) in [5.41, 5.74) is 0.267. The van der Waals surface area contributed by atoms with Gasteiger partial charge in [-0.15, -0.1) is 0 Å². The predicted octanol–water partition coefficient (Wildman–Crippen LogP) is 3.65. The molecule has 0 fully saturated rings. The quantitative estimate of drug-likeness (QED) is 0.550. The molecule has 0 spiro atoms. The van der Waals surface area contributed by atoms with Crippen LogP contribution < -0.4 is 9.47 Å². The third-order valence-electron chi connectivity index (χ3n) is 3.18. The van der Waals surface area contributed by atoms with Crippen molar-refractivity contribution in [3.05, 3.63) is 57.8 Å². The van der Waals surface area contributed by atoms with E-state index in [1.165, 1.54) is 38.5 Å². The second kappa shape index (κ2) is 7.92. The highest BCUT2D eigenvalue weighted by Crippen LogP contribution is 2.26. The maximum absolute atomic E-state index is 13.3. The van der Waals surface area contributed by atoms with Crippen LogP contribution in [-0.4, -0.2) is 32.6 Å². The van der Waals surface area contributed by atoms with Gasteiger partial charge in [0.1, 0.15) is 17.3 Å². The van der Waals surface area contributed by atoms with Crippen LogP contribution in [0.4, 0.5) is 4.39 Å². The molecule has 0 aliphatic carbocycles. The van der Waals surface area contributed by atoms with Gasteiger partial charge in [-0.25, -0.2) is 9.18 Å². The lowest BCUT2D eigenvalue weighted by atomic mass is 10.1. The highest BCUT2D eigenvalue weighted by atomic mass is 79.9. The zero-order valence-corrected chi connectivity index (χ0v) is 14.6. The Bertz CT molecular complexity index is 776. The van der Waals surface area contributed by atoms with E-state index in [-0.39, 0.29) is 16.9 Å². The van der Waals surface area contributed by atoms with Gasteiger partial charge in [0.05, 0.1) is 29.8 Å². The summed E-state index contributed by atoms with van der Waals surface area (Å²) in [6.45, 7) is -0.526. The van der Waals surface area contributed by atoms with Crippen LogP contribution >= 0.6 is 15.9 Å². The molecular formula is C17H14BrFO5. The summed E-state index contributed by atoms with van der Waals surface area (Å²) in [5, 5.41) is 0. The molecule has 0 atom stereocenters. The molecule has 0 radical (unpaired) electrons. The van der Waals surface area contributed by atoms with Crippen LogP contribution in [-0.2, 0) is 4.74 Å². The van der Waals surface area contributed by atoms with E-state index >= 15 is 0 Å². The van der Waals surface area contributed by atoms with E-state index in [0.717, 1.165) is 6.07 Å². The number of carbonyl (C=O) groups is 2. The highest BCUT2D eigenvalue weighted by Gasteiger charge is 2.17. The first kappa shape index (κ1) is 17.9. The Labute approximate surface area is 146 Å². The van der Waals surface area contributed by atoms with Gasteiger partial charge in [-0.2, -0.15) is 0 Å². The molecule has 0 amide bonds. The minimum absolute atomic E-state index is 0.0150. The number of esters is 1. The molecule has 0 heterocycles. The molecule has 0 aliphatic heterocycles. The Hall–Kier alpha value is -2.41. The van der Waals surface area contributed by atoms with Gasteiger partial charge in [0, 0.05) is 0 Å². The van der Waals surface area contributed by atoms with Crippen molar-refractivity contribution >= 4 is 27.7 Å². The molecule has 24 heavy (non-hydrogen) atoms. The predicted molar refractivity (Wildman–Crippen MR) is 88.3 cm³/mol. The molecular weight excluding hydrogens is 383 g/mol. The molecule has 0 saturated heterocycles. The van der Waals surface area contributed by atoms with E-state index < -0.39 is 24.2 Å². The third kappa shape index (κ3) is 4.11. The van der Waals surface area contributed by atoms with Crippen molar-refractivity contribution in [2.75, 3.05) is 20.8 Å². The number of carbonyl (C=O) groups excluding carboxylic acids is 2. The average Bonchev–Trinajstić information content (AvgIpc) is 2.59. The lowest BCUT2D eigenvalue weighted by Gasteiger charge is -2.09. The van der Waals surface area contributed by atoms with Gasteiger partial charge in [-0.1, -0.05) is 0 Å². The van der Waals surface area contributed by atoms with Crippen LogP contribution in [0.25, 0.3) is 0 Å². The number of ether oxygens (including phenoxy) is 3. The second-order valence-electron chi connectivity index (χ2n) is 4.69. The monoisotopic (exact) mass is 396 g/mol. The maximum Gasteiger partial charge on any atom is 0.338 e. The summed E-state index contributed by atoms with van der Waals surface area (Å²) in [7, 11) is 2.87. The molecule has 7 heteroatoms. The molecule has 0 unspecified atom stereocenters. The summed E-state index contributed by atoms with van der Waals surface area (Å²) < 4.78 is 28.9. The normalized spacial score (nSPS) is 10.2. The molecule has 2 aromatic rings. The number of hydrogen-bond acceptors (Lipinski definition) is 5. The number of rotatable bonds is 6. The van der Waals surface area contributed by atoms with E-state index in [0.29, 0.717) is 10.2 Å². The minimum atomic E-state index is -0.679. The fraction of sp³-hybridized carbons (Fsp3) is 0.176. The summed E-state index contributed by atoms with van der Waals surface area (Å²) in [5.74, 6) is -1.05. The molecule has 2 aromatic carbocycles. The Morgan fingerprint density at radius 2 is 1.71 bits per heavy atom. The molecule has 0 N–H and O–H groups in total. The van der Waals surface area contributed by atoms with Crippen LogP contribution in [0.2, 0.25) is 0 Å². The molecule has 0 saturated carbocycles. The minimum Gasteiger partial charge on any atom is -0.496 e. The van der Waals surface area contributed by atoms with Crippen LogP contribution in [0.15, 0.2) is 40.9 Å². The van der Waals surface area contributed by atoms with E-state index in [2.05, 4.69) is 15.9 Å². The molecule has 0 aromatic heterocycles. The molecule has 0 bridgehead atoms. The first-order chi connectivity index (χ1) is 11.5. The van der Waals surface area contributed by atoms with Crippen LogP contribution in [0.3, 0.4) is 0 Å². The van der Waals surface area contributed by atoms with Gasteiger partial charge >= 0.3 is 5.97 Å². The zero-order chi connectivity index (χ0) is 17.7. The first-order valence-corrected chi connectivity index (χ1v) is 7.63. The van der Waals surface area contributed by atoms with Crippen LogP contribution in [0.5, 0.6) is 11.5 Å². The van der Waals surface area contributed by atoms with Gasteiger partial charge in [0.15, 0.2) is 6.61 Å². The van der Waals surface area contributed by atoms with Gasteiger partial charge in [0.25, 0.3) is 0 Å². The Morgan fingerprint density at radius 3 is 2.33 bits per heavy atom. The van der Waals surface area contributed by atoms with Crippen molar-refractivity contribution in [1.82, 2.24) is 0 Å². The topological polar surface area (TPSA) is 61.8 Å². The van der Waals surface area contributed by atoms with Gasteiger partial charge in [0.2, 0.25) is 5.78 Å². The van der Waals surface area contributed by atoms with E-state index in [1.54, 1.807) is 6.07 Å². The number of halogens is 2. The molecule has 2 rings (SSSR count). The lowest BCUT2D eigenvalue weighted by Crippen LogP contribution is -2.15. The van der Waals surface area contributed by atoms with E-state index in [1.807, 2.05) is 0 Å². The third-order valence-corrected chi connectivity index (χ3v) is 3.80. The first-order valence-electron chi connectivity index (χ1n) is 6.83. The average molecular weight is 397 g/mol. The number of hydrogen-bond donors (Lipinski definition) is 0. The largest absolute Gasteiger partial charge is 0.496 e. The summed E-state index contributed by atoms with van der Waals surface area (Å²) >= 11 is 3.26. The fourth-order valence-electron chi connectivity index (χ4n) is 1.98. The number of benzene rings is 2. The van der Waals surface area contributed by atoms with Crippen molar-refractivity contribution in [3.63, 3.8) is 0 Å². The maximum atomic E-state index is 13.3. The standard InChI is InChI=1S/C17H14BrFO5/c1-22-15-6-4-11(19)8-12(15)14(20)9-24-17(21)10-3-5-16(23-2)13(18)7-10/h3-8H,9H2,1-2H3. The van der Waals surface area contributed by atoms with Gasteiger partial charge in [-0.3, -0.25) is 4.79 Å². The fourth-order valence-corrected chi connectivity index (χ4v) is 2.52. The second-order valence-corrected chi connectivity index (χ2v) is 5.55. The number of methoxy groups -OCH3 is 2. The van der Waals surface area contributed by atoms with Crippen LogP contribution in [0.1, 0.15) is 20.7 Å². The van der Waals surface area contributed by atoms with E-state index in [9.17, 15) is 14.0 Å². The Balaban J connectivity index is 2.07. The Morgan fingerprint density at radius 1 is 1.04 bits per heavy atom. The van der Waals surface area contributed by atoms with Crippen molar-refractivity contribution in [3.8, 4) is 11.5 Å². The van der Waals surface area contributed by atoms with Crippen molar-refractivity contribution in [2.45, 2.75) is 0 Å². The van der Waals surface area contributed by atoms with Crippen molar-refractivity contribution in [1.29, 1.82) is 0 Å². The van der Waals surface area contributed by atoms with Gasteiger partial charge < -0.3 is 14.2 Å². The Kier molecular flexibility index (Phi) is 5.92. The highest BCUT2D eigenvalue weighted by molar-refractivity contribution is 9.10. The number of Topliss-reactive ketones (excluding diaryl/α,β-unsaturated/α-hetero) is 1. The van der Waals surface area contributed by atoms with Crippen molar-refractivity contribution in [2.24, 2.45) is 0 Å².